The molecule has 0 spiro atoms. The summed E-state index contributed by atoms with van der Waals surface area (Å²) in [5.74, 6) is -1.56. The van der Waals surface area contributed by atoms with E-state index in [1.165, 1.54) is 0 Å². The zero-order chi connectivity index (χ0) is 12.1. The number of rotatable bonds is 5. The summed E-state index contributed by atoms with van der Waals surface area (Å²) in [6, 6.07) is -1.20. The average Bonchev–Trinajstić information content (AvgIpc) is 2.09. The van der Waals surface area contributed by atoms with Crippen molar-refractivity contribution in [1.29, 1.82) is 0 Å². The maximum absolute atomic E-state index is 11.3. The maximum Gasteiger partial charge on any atom is 0.328 e. The zero-order valence-corrected chi connectivity index (χ0v) is 9.41. The summed E-state index contributed by atoms with van der Waals surface area (Å²) in [4.78, 5) is 21.8. The van der Waals surface area contributed by atoms with Gasteiger partial charge in [0.15, 0.2) is 0 Å². The van der Waals surface area contributed by atoms with Gasteiger partial charge in [0.25, 0.3) is 0 Å². The molecular formula is C10H19NO4. The van der Waals surface area contributed by atoms with Gasteiger partial charge in [-0.05, 0) is 11.8 Å². The Morgan fingerprint density at radius 3 is 2.20 bits per heavy atom. The first-order valence-corrected chi connectivity index (χ1v) is 4.89. The lowest BCUT2D eigenvalue weighted by molar-refractivity contribution is -0.143. The Bertz CT molecular complexity index is 232. The lowest BCUT2D eigenvalue weighted by Crippen LogP contribution is -2.43. The highest BCUT2D eigenvalue weighted by Crippen LogP contribution is 2.20. The minimum Gasteiger partial charge on any atom is -0.480 e. The van der Waals surface area contributed by atoms with Crippen molar-refractivity contribution in [2.24, 2.45) is 5.41 Å². The van der Waals surface area contributed by atoms with Crippen LogP contribution in [0.15, 0.2) is 0 Å². The number of aliphatic hydroxyl groups is 1. The predicted octanol–water partition coefficient (Wildman–Crippen LogP) is 0.374. The molecule has 5 nitrogen and oxygen atoms in total. The van der Waals surface area contributed by atoms with Crippen molar-refractivity contribution in [1.82, 2.24) is 5.32 Å². The summed E-state index contributed by atoms with van der Waals surface area (Å²) in [5, 5.41) is 19.5. The zero-order valence-electron chi connectivity index (χ0n) is 9.41. The summed E-state index contributed by atoms with van der Waals surface area (Å²) in [5.41, 5.74) is 0.0370. The Labute approximate surface area is 89.5 Å². The van der Waals surface area contributed by atoms with Gasteiger partial charge in [-0.1, -0.05) is 20.8 Å². The van der Waals surface area contributed by atoms with E-state index >= 15 is 0 Å². The Morgan fingerprint density at radius 1 is 1.33 bits per heavy atom. The minimum atomic E-state index is -1.22. The summed E-state index contributed by atoms with van der Waals surface area (Å²) >= 11 is 0. The number of carboxylic acids is 1. The molecule has 0 rings (SSSR count). The van der Waals surface area contributed by atoms with Gasteiger partial charge in [0.1, 0.15) is 6.04 Å². The van der Waals surface area contributed by atoms with E-state index in [9.17, 15) is 9.59 Å². The van der Waals surface area contributed by atoms with Crippen molar-refractivity contribution >= 4 is 11.9 Å². The lowest BCUT2D eigenvalue weighted by Gasteiger charge is -2.18. The molecule has 0 fully saturated rings. The Kier molecular flexibility index (Phi) is 5.28. The second kappa shape index (κ2) is 5.70. The Hall–Kier alpha value is -1.10. The molecule has 0 saturated carbocycles. The molecule has 0 aliphatic carbocycles. The number of hydrogen-bond acceptors (Lipinski definition) is 3. The monoisotopic (exact) mass is 217 g/mol. The Morgan fingerprint density at radius 2 is 1.87 bits per heavy atom. The second-order valence-electron chi connectivity index (χ2n) is 4.70. The topological polar surface area (TPSA) is 86.6 Å². The molecule has 0 unspecified atom stereocenters. The number of amides is 1. The standard InChI is InChI=1S/C10H19NO4/c1-10(2,3)5-4-8(13)11-7(6-12)9(14)15/h7,12H,4-6H2,1-3H3,(H,11,13)(H,14,15)/t7-/m1/s1. The van der Waals surface area contributed by atoms with Crippen LogP contribution in [0.25, 0.3) is 0 Å². The molecule has 0 aliphatic rings. The molecule has 3 N–H and O–H groups in total. The number of aliphatic carboxylic acids is 1. The van der Waals surface area contributed by atoms with Crippen molar-refractivity contribution in [2.45, 2.75) is 39.7 Å². The largest absolute Gasteiger partial charge is 0.480 e. The van der Waals surface area contributed by atoms with E-state index in [0.29, 0.717) is 6.42 Å². The van der Waals surface area contributed by atoms with Gasteiger partial charge in [-0.25, -0.2) is 4.79 Å². The molecule has 0 saturated heterocycles. The molecule has 1 atom stereocenters. The summed E-state index contributed by atoms with van der Waals surface area (Å²) < 4.78 is 0. The van der Waals surface area contributed by atoms with Crippen LogP contribution in [0.1, 0.15) is 33.6 Å². The number of carboxylic acid groups (broad SMARTS) is 1. The van der Waals surface area contributed by atoms with Crippen LogP contribution in [0, 0.1) is 5.41 Å². The fourth-order valence-electron chi connectivity index (χ4n) is 0.941. The van der Waals surface area contributed by atoms with Gasteiger partial charge < -0.3 is 15.5 Å². The fraction of sp³-hybridized carbons (Fsp3) is 0.800. The van der Waals surface area contributed by atoms with Crippen LogP contribution in [-0.4, -0.2) is 34.7 Å². The SMILES string of the molecule is CC(C)(C)CCC(=O)N[C@H](CO)C(=O)O. The lowest BCUT2D eigenvalue weighted by atomic mass is 9.90. The highest BCUT2D eigenvalue weighted by molar-refractivity contribution is 5.83. The molecule has 0 aliphatic heterocycles. The first-order chi connectivity index (χ1) is 6.76. The van der Waals surface area contributed by atoms with Crippen LogP contribution in [0.5, 0.6) is 0 Å². The third-order valence-corrected chi connectivity index (χ3v) is 1.92. The average molecular weight is 217 g/mol. The van der Waals surface area contributed by atoms with Gasteiger partial charge in [0, 0.05) is 6.42 Å². The predicted molar refractivity (Wildman–Crippen MR) is 55.3 cm³/mol. The molecule has 88 valence electrons. The van der Waals surface area contributed by atoms with Gasteiger partial charge in [-0.2, -0.15) is 0 Å². The van der Waals surface area contributed by atoms with Gasteiger partial charge in [0.2, 0.25) is 5.91 Å². The van der Waals surface area contributed by atoms with E-state index in [1.807, 2.05) is 20.8 Å². The van der Waals surface area contributed by atoms with E-state index in [-0.39, 0.29) is 17.7 Å². The maximum atomic E-state index is 11.3. The smallest absolute Gasteiger partial charge is 0.328 e. The molecular weight excluding hydrogens is 198 g/mol. The van der Waals surface area contributed by atoms with Crippen molar-refractivity contribution in [2.75, 3.05) is 6.61 Å². The van der Waals surface area contributed by atoms with Gasteiger partial charge in [-0.15, -0.1) is 0 Å². The molecule has 1 amide bonds. The molecule has 0 aromatic carbocycles. The minimum absolute atomic E-state index is 0.0370. The highest BCUT2D eigenvalue weighted by Gasteiger charge is 2.19. The number of carbonyl (C=O) groups is 2. The van der Waals surface area contributed by atoms with Gasteiger partial charge in [-0.3, -0.25) is 4.79 Å². The van der Waals surface area contributed by atoms with Crippen LogP contribution < -0.4 is 5.32 Å². The Balaban J connectivity index is 3.98. The van der Waals surface area contributed by atoms with E-state index in [4.69, 9.17) is 10.2 Å². The van der Waals surface area contributed by atoms with E-state index < -0.39 is 18.6 Å². The number of aliphatic hydroxyl groups excluding tert-OH is 1. The quantitative estimate of drug-likeness (QED) is 0.621. The number of nitrogens with one attached hydrogen (secondary N) is 1. The first-order valence-electron chi connectivity index (χ1n) is 4.89. The molecule has 0 radical (unpaired) electrons. The van der Waals surface area contributed by atoms with E-state index in [2.05, 4.69) is 5.32 Å². The fourth-order valence-corrected chi connectivity index (χ4v) is 0.941. The van der Waals surface area contributed by atoms with Crippen LogP contribution in [0.2, 0.25) is 0 Å². The van der Waals surface area contributed by atoms with Crippen molar-refractivity contribution < 1.29 is 19.8 Å². The van der Waals surface area contributed by atoms with Crippen LogP contribution in [0.4, 0.5) is 0 Å². The van der Waals surface area contributed by atoms with Crippen molar-refractivity contribution in [3.8, 4) is 0 Å². The molecule has 0 bridgehead atoms. The normalized spacial score (nSPS) is 13.3. The summed E-state index contributed by atoms with van der Waals surface area (Å²) in [6.07, 6.45) is 0.948. The summed E-state index contributed by atoms with van der Waals surface area (Å²) in [6.45, 7) is 5.42. The highest BCUT2D eigenvalue weighted by atomic mass is 16.4. The van der Waals surface area contributed by atoms with Crippen molar-refractivity contribution in [3.05, 3.63) is 0 Å². The third kappa shape index (κ3) is 6.90. The van der Waals surface area contributed by atoms with Crippen molar-refractivity contribution in [3.63, 3.8) is 0 Å². The molecule has 0 aromatic heterocycles. The molecule has 0 aromatic rings. The van der Waals surface area contributed by atoms with E-state index in [0.717, 1.165) is 0 Å². The molecule has 15 heavy (non-hydrogen) atoms. The number of hydrogen-bond donors (Lipinski definition) is 3. The molecule has 0 heterocycles. The summed E-state index contributed by atoms with van der Waals surface area (Å²) in [7, 11) is 0. The first kappa shape index (κ1) is 13.9. The van der Waals surface area contributed by atoms with Gasteiger partial charge in [0.05, 0.1) is 6.61 Å². The van der Waals surface area contributed by atoms with Crippen LogP contribution in [0.3, 0.4) is 0 Å². The number of carbonyl (C=O) groups excluding carboxylic acids is 1. The van der Waals surface area contributed by atoms with Crippen LogP contribution >= 0.6 is 0 Å². The third-order valence-electron chi connectivity index (χ3n) is 1.92. The van der Waals surface area contributed by atoms with Crippen LogP contribution in [-0.2, 0) is 9.59 Å². The van der Waals surface area contributed by atoms with E-state index in [1.54, 1.807) is 0 Å². The molecule has 5 heteroatoms. The van der Waals surface area contributed by atoms with Gasteiger partial charge >= 0.3 is 5.97 Å². The second-order valence-corrected chi connectivity index (χ2v) is 4.70.